The first kappa shape index (κ1) is 13.3. The minimum atomic E-state index is -0.142. The fraction of sp³-hybridized carbons (Fsp3) is 0.643. The number of aromatic nitrogens is 4. The van der Waals surface area contributed by atoms with Crippen LogP contribution in [0.25, 0.3) is 11.5 Å². The topological polar surface area (TPSA) is 82.8 Å². The maximum absolute atomic E-state index is 6.04. The lowest BCUT2D eigenvalue weighted by Gasteiger charge is -2.26. The van der Waals surface area contributed by atoms with E-state index < -0.39 is 0 Å². The highest BCUT2D eigenvalue weighted by molar-refractivity contribution is 5.47. The Morgan fingerprint density at radius 2 is 2.05 bits per heavy atom. The summed E-state index contributed by atoms with van der Waals surface area (Å²) in [5.41, 5.74) is 6.64. The van der Waals surface area contributed by atoms with Crippen LogP contribution in [0.1, 0.15) is 44.4 Å². The van der Waals surface area contributed by atoms with E-state index in [1.807, 2.05) is 19.3 Å². The standard InChI is InChI=1S/C14H21N5O/c1-19-9-6-11(17-19)12-16-13(20-18-12)14(10-15)7-4-2-3-5-8-14/h6,9H,2-5,7-8,10,15H2,1H3. The van der Waals surface area contributed by atoms with Gasteiger partial charge in [-0.15, -0.1) is 0 Å². The van der Waals surface area contributed by atoms with Crippen molar-refractivity contribution in [1.29, 1.82) is 0 Å². The zero-order valence-corrected chi connectivity index (χ0v) is 11.9. The molecule has 20 heavy (non-hydrogen) atoms. The van der Waals surface area contributed by atoms with Gasteiger partial charge < -0.3 is 10.3 Å². The van der Waals surface area contributed by atoms with E-state index in [4.69, 9.17) is 10.3 Å². The van der Waals surface area contributed by atoms with Crippen molar-refractivity contribution in [3.05, 3.63) is 18.2 Å². The summed E-state index contributed by atoms with van der Waals surface area (Å²) in [6.45, 7) is 0.566. The third-order valence-corrected chi connectivity index (χ3v) is 4.27. The number of rotatable bonds is 3. The molecule has 0 spiro atoms. The highest BCUT2D eigenvalue weighted by atomic mass is 16.5. The van der Waals surface area contributed by atoms with Crippen molar-refractivity contribution in [1.82, 2.24) is 19.9 Å². The SMILES string of the molecule is Cn1ccc(-c2noc(C3(CN)CCCCCC3)n2)n1. The Kier molecular flexibility index (Phi) is 3.56. The normalized spacial score (nSPS) is 18.9. The summed E-state index contributed by atoms with van der Waals surface area (Å²) in [5, 5.41) is 8.39. The minimum Gasteiger partial charge on any atom is -0.338 e. The average molecular weight is 275 g/mol. The molecule has 0 atom stereocenters. The van der Waals surface area contributed by atoms with Gasteiger partial charge in [-0.25, -0.2) is 0 Å². The van der Waals surface area contributed by atoms with Crippen molar-refractivity contribution in [2.45, 2.75) is 43.9 Å². The second-order valence-corrected chi connectivity index (χ2v) is 5.70. The zero-order chi connectivity index (χ0) is 14.0. The van der Waals surface area contributed by atoms with Crippen LogP contribution in [0, 0.1) is 0 Å². The van der Waals surface area contributed by atoms with Gasteiger partial charge in [0.05, 0.1) is 5.41 Å². The third-order valence-electron chi connectivity index (χ3n) is 4.27. The molecule has 1 fully saturated rings. The van der Waals surface area contributed by atoms with Gasteiger partial charge in [-0.1, -0.05) is 30.8 Å². The number of hydrogen-bond donors (Lipinski definition) is 1. The molecule has 2 aromatic heterocycles. The molecular weight excluding hydrogens is 254 g/mol. The van der Waals surface area contributed by atoms with E-state index in [9.17, 15) is 0 Å². The van der Waals surface area contributed by atoms with Gasteiger partial charge >= 0.3 is 0 Å². The molecule has 0 radical (unpaired) electrons. The van der Waals surface area contributed by atoms with E-state index in [0.717, 1.165) is 18.5 Å². The summed E-state index contributed by atoms with van der Waals surface area (Å²) < 4.78 is 7.26. The quantitative estimate of drug-likeness (QED) is 0.866. The zero-order valence-electron chi connectivity index (χ0n) is 11.9. The predicted octanol–water partition coefficient (Wildman–Crippen LogP) is 2.02. The number of nitrogens with zero attached hydrogens (tertiary/aromatic N) is 4. The molecular formula is C14H21N5O. The summed E-state index contributed by atoms with van der Waals surface area (Å²) in [6.07, 6.45) is 8.83. The molecule has 0 aliphatic heterocycles. The first-order valence-electron chi connectivity index (χ1n) is 7.28. The third kappa shape index (κ3) is 2.35. The average Bonchev–Trinajstić information content (AvgIpc) is 3.03. The molecule has 108 valence electrons. The molecule has 0 bridgehead atoms. The number of hydrogen-bond acceptors (Lipinski definition) is 5. The fourth-order valence-corrected chi connectivity index (χ4v) is 2.99. The van der Waals surface area contributed by atoms with Crippen LogP contribution in [0.4, 0.5) is 0 Å². The highest BCUT2D eigenvalue weighted by Crippen LogP contribution is 2.37. The smallest absolute Gasteiger partial charge is 0.234 e. The first-order chi connectivity index (χ1) is 9.73. The number of aryl methyl sites for hydroxylation is 1. The van der Waals surface area contributed by atoms with E-state index in [2.05, 4.69) is 15.2 Å². The Morgan fingerprint density at radius 3 is 2.65 bits per heavy atom. The Labute approximate surface area is 118 Å². The van der Waals surface area contributed by atoms with Crippen molar-refractivity contribution in [3.63, 3.8) is 0 Å². The summed E-state index contributed by atoms with van der Waals surface area (Å²) in [7, 11) is 1.87. The second kappa shape index (κ2) is 5.36. The Bertz CT molecular complexity index is 566. The van der Waals surface area contributed by atoms with Gasteiger partial charge in [0.1, 0.15) is 5.69 Å². The van der Waals surface area contributed by atoms with Crippen LogP contribution in [-0.4, -0.2) is 26.5 Å². The lowest BCUT2D eigenvalue weighted by atomic mass is 9.80. The molecule has 6 heteroatoms. The maximum Gasteiger partial charge on any atom is 0.234 e. The summed E-state index contributed by atoms with van der Waals surface area (Å²) in [5.74, 6) is 1.24. The van der Waals surface area contributed by atoms with Gasteiger partial charge in [0.25, 0.3) is 0 Å². The van der Waals surface area contributed by atoms with Crippen molar-refractivity contribution < 1.29 is 4.52 Å². The number of nitrogens with two attached hydrogens (primary N) is 1. The van der Waals surface area contributed by atoms with Gasteiger partial charge in [-0.3, -0.25) is 4.68 Å². The molecule has 0 saturated heterocycles. The monoisotopic (exact) mass is 275 g/mol. The molecule has 3 rings (SSSR count). The Hall–Kier alpha value is -1.69. The van der Waals surface area contributed by atoms with Crippen LogP contribution in [0.2, 0.25) is 0 Å². The van der Waals surface area contributed by atoms with Gasteiger partial charge in [-0.05, 0) is 18.9 Å². The van der Waals surface area contributed by atoms with Crippen LogP contribution in [0.3, 0.4) is 0 Å². The first-order valence-corrected chi connectivity index (χ1v) is 7.28. The van der Waals surface area contributed by atoms with Crippen LogP contribution < -0.4 is 5.73 Å². The second-order valence-electron chi connectivity index (χ2n) is 5.70. The van der Waals surface area contributed by atoms with Gasteiger partial charge in [0.2, 0.25) is 11.7 Å². The largest absolute Gasteiger partial charge is 0.338 e. The molecule has 0 amide bonds. The molecule has 1 aliphatic rings. The molecule has 1 saturated carbocycles. The Morgan fingerprint density at radius 1 is 1.30 bits per heavy atom. The predicted molar refractivity (Wildman–Crippen MR) is 74.9 cm³/mol. The van der Waals surface area contributed by atoms with Crippen molar-refractivity contribution >= 4 is 0 Å². The van der Waals surface area contributed by atoms with E-state index >= 15 is 0 Å². The van der Waals surface area contributed by atoms with Crippen LogP contribution >= 0.6 is 0 Å². The van der Waals surface area contributed by atoms with Gasteiger partial charge in [0, 0.05) is 19.8 Å². The van der Waals surface area contributed by atoms with Gasteiger partial charge in [0.15, 0.2) is 0 Å². The van der Waals surface area contributed by atoms with E-state index in [-0.39, 0.29) is 5.41 Å². The van der Waals surface area contributed by atoms with Crippen molar-refractivity contribution in [2.24, 2.45) is 12.8 Å². The molecule has 1 aliphatic carbocycles. The fourth-order valence-electron chi connectivity index (χ4n) is 2.99. The molecule has 2 heterocycles. The minimum absolute atomic E-state index is 0.142. The van der Waals surface area contributed by atoms with E-state index in [1.165, 1.54) is 25.7 Å². The van der Waals surface area contributed by atoms with Crippen molar-refractivity contribution in [2.75, 3.05) is 6.54 Å². The highest BCUT2D eigenvalue weighted by Gasteiger charge is 2.37. The molecule has 0 unspecified atom stereocenters. The molecule has 2 N–H and O–H groups in total. The lowest BCUT2D eigenvalue weighted by Crippen LogP contribution is -2.35. The summed E-state index contributed by atoms with van der Waals surface area (Å²) >= 11 is 0. The lowest BCUT2D eigenvalue weighted by molar-refractivity contribution is 0.257. The van der Waals surface area contributed by atoms with Gasteiger partial charge in [-0.2, -0.15) is 10.1 Å². The summed E-state index contributed by atoms with van der Waals surface area (Å²) in [4.78, 5) is 4.57. The molecule has 0 aromatic carbocycles. The van der Waals surface area contributed by atoms with Crippen LogP contribution in [0.15, 0.2) is 16.8 Å². The maximum atomic E-state index is 6.04. The van der Waals surface area contributed by atoms with E-state index in [1.54, 1.807) is 4.68 Å². The van der Waals surface area contributed by atoms with Crippen molar-refractivity contribution in [3.8, 4) is 11.5 Å². The van der Waals surface area contributed by atoms with Crippen LogP contribution in [0.5, 0.6) is 0 Å². The van der Waals surface area contributed by atoms with E-state index in [0.29, 0.717) is 18.3 Å². The molecule has 2 aromatic rings. The van der Waals surface area contributed by atoms with Crippen LogP contribution in [-0.2, 0) is 12.5 Å². The molecule has 6 nitrogen and oxygen atoms in total. The summed E-state index contributed by atoms with van der Waals surface area (Å²) in [6, 6.07) is 1.89. The Balaban J connectivity index is 1.91.